The van der Waals surface area contributed by atoms with E-state index >= 15 is 0 Å². The van der Waals surface area contributed by atoms with Crippen molar-refractivity contribution in [3.63, 3.8) is 0 Å². The summed E-state index contributed by atoms with van der Waals surface area (Å²) in [4.78, 5) is 24.1. The minimum atomic E-state index is -1.08. The van der Waals surface area contributed by atoms with E-state index in [1.165, 1.54) is 6.92 Å². The molecule has 3 rings (SSSR count). The summed E-state index contributed by atoms with van der Waals surface area (Å²) in [5.74, 6) is 0.373. The number of hydrogen-bond acceptors (Lipinski definition) is 6. The van der Waals surface area contributed by atoms with Gasteiger partial charge in [-0.05, 0) is 43.7 Å². The number of rotatable bonds is 5. The predicted molar refractivity (Wildman–Crippen MR) is 95.4 cm³/mol. The molecule has 6 nitrogen and oxygen atoms in total. The van der Waals surface area contributed by atoms with Gasteiger partial charge in [0.15, 0.2) is 5.78 Å². The number of Topliss-reactive ketones (excluding diaryl/α,β-unsaturated/α-hetero) is 2. The maximum atomic E-state index is 12.4. The second kappa shape index (κ2) is 7.27. The molecule has 0 amide bonds. The van der Waals surface area contributed by atoms with Crippen LogP contribution in [0.2, 0.25) is 5.82 Å². The van der Waals surface area contributed by atoms with Crippen molar-refractivity contribution in [1.82, 2.24) is 0 Å². The van der Waals surface area contributed by atoms with Crippen LogP contribution in [0.3, 0.4) is 0 Å². The van der Waals surface area contributed by atoms with Crippen LogP contribution in [0.25, 0.3) is 0 Å². The first-order chi connectivity index (χ1) is 11.8. The van der Waals surface area contributed by atoms with Crippen molar-refractivity contribution in [2.75, 3.05) is 0 Å². The van der Waals surface area contributed by atoms with Gasteiger partial charge in [0.2, 0.25) is 0 Å². The highest BCUT2D eigenvalue weighted by Crippen LogP contribution is 2.37. The largest absolute Gasteiger partial charge is 0.535 e. The molecule has 0 spiro atoms. The third kappa shape index (κ3) is 3.94. The van der Waals surface area contributed by atoms with Gasteiger partial charge in [-0.1, -0.05) is 12.1 Å². The van der Waals surface area contributed by atoms with Gasteiger partial charge in [0.25, 0.3) is 0 Å². The minimum Gasteiger partial charge on any atom is -0.535 e. The van der Waals surface area contributed by atoms with E-state index < -0.39 is 7.12 Å². The summed E-state index contributed by atoms with van der Waals surface area (Å²) in [6.07, 6.45) is 2.78. The number of carbonyl (C=O) groups excluding carboxylic acids is 2. The van der Waals surface area contributed by atoms with Crippen molar-refractivity contribution in [1.29, 1.82) is 0 Å². The van der Waals surface area contributed by atoms with Crippen LogP contribution < -0.4 is 16.1 Å². The molecular formula is C18H25BN2O4. The molecule has 0 aromatic heterocycles. The van der Waals surface area contributed by atoms with E-state index in [2.05, 4.69) is 0 Å². The quantitative estimate of drug-likeness (QED) is 0.544. The first-order valence-electron chi connectivity index (χ1n) is 8.85. The monoisotopic (exact) mass is 344 g/mol. The molecule has 3 atom stereocenters. The topological polar surface area (TPSA) is 116 Å². The van der Waals surface area contributed by atoms with Gasteiger partial charge in [0, 0.05) is 30.7 Å². The lowest BCUT2D eigenvalue weighted by Crippen LogP contribution is -2.36. The fourth-order valence-electron chi connectivity index (χ4n) is 4.02. The maximum Gasteiger partial charge on any atom is 0.526 e. The molecule has 134 valence electrons. The van der Waals surface area contributed by atoms with Gasteiger partial charge in [-0.2, -0.15) is 0 Å². The van der Waals surface area contributed by atoms with E-state index in [4.69, 9.17) is 16.1 Å². The number of carbonyl (C=O) groups is 2. The summed E-state index contributed by atoms with van der Waals surface area (Å²) in [6.45, 7) is 1.47. The Morgan fingerprint density at radius 2 is 1.92 bits per heavy atom. The van der Waals surface area contributed by atoms with Crippen LogP contribution in [-0.4, -0.2) is 35.8 Å². The summed E-state index contributed by atoms with van der Waals surface area (Å²) in [5.41, 5.74) is 13.2. The molecule has 0 saturated heterocycles. The van der Waals surface area contributed by atoms with Crippen LogP contribution in [0, 0.1) is 5.92 Å². The standard InChI is InChI=1S/C18H25BN2O4/c1-10(22)15-4-2-3-12-8-13(19(24)25-18(12)15)9-14(23)5-11-6-16(20)17(21)7-11/h2-4,11,13,16-17,24H,5-9,20-21H2,1H3/t13-,16+,17+/m1/s1. The highest BCUT2D eigenvalue weighted by atomic mass is 16.5. The first-order valence-corrected chi connectivity index (χ1v) is 8.85. The van der Waals surface area contributed by atoms with Gasteiger partial charge in [-0.25, -0.2) is 0 Å². The molecule has 1 saturated carbocycles. The van der Waals surface area contributed by atoms with Crippen LogP contribution in [0.1, 0.15) is 48.5 Å². The van der Waals surface area contributed by atoms with Gasteiger partial charge in [-0.3, -0.25) is 9.59 Å². The summed E-state index contributed by atoms with van der Waals surface area (Å²) in [7, 11) is -1.08. The zero-order chi connectivity index (χ0) is 18.1. The number of nitrogens with two attached hydrogens (primary N) is 2. The first kappa shape index (κ1) is 18.1. The zero-order valence-electron chi connectivity index (χ0n) is 14.5. The molecule has 1 aliphatic heterocycles. The molecule has 1 heterocycles. The van der Waals surface area contributed by atoms with Crippen LogP contribution in [-0.2, 0) is 11.2 Å². The van der Waals surface area contributed by atoms with E-state index in [-0.39, 0.29) is 41.8 Å². The number of fused-ring (bicyclic) bond motifs is 1. The lowest BCUT2D eigenvalue weighted by atomic mass is 9.64. The molecule has 25 heavy (non-hydrogen) atoms. The highest BCUT2D eigenvalue weighted by molar-refractivity contribution is 6.47. The zero-order valence-corrected chi connectivity index (χ0v) is 14.5. The van der Waals surface area contributed by atoms with Crippen LogP contribution in [0.5, 0.6) is 5.75 Å². The Morgan fingerprint density at radius 1 is 1.24 bits per heavy atom. The molecule has 7 heteroatoms. The minimum absolute atomic E-state index is 0.0294. The molecule has 5 N–H and O–H groups in total. The van der Waals surface area contributed by atoms with Crippen molar-refractivity contribution < 1.29 is 19.3 Å². The lowest BCUT2D eigenvalue weighted by Gasteiger charge is -2.28. The third-order valence-corrected chi connectivity index (χ3v) is 5.37. The van der Waals surface area contributed by atoms with Crippen molar-refractivity contribution in [2.24, 2.45) is 17.4 Å². The smallest absolute Gasteiger partial charge is 0.526 e. The average molecular weight is 344 g/mol. The Bertz CT molecular complexity index is 671. The SMILES string of the molecule is CC(=O)c1cccc2c1OB(O)[C@@H](CC(=O)CC1C[C@H](N)[C@@H](N)C1)C2. The molecule has 0 bridgehead atoms. The Morgan fingerprint density at radius 3 is 2.56 bits per heavy atom. The third-order valence-electron chi connectivity index (χ3n) is 5.37. The summed E-state index contributed by atoms with van der Waals surface area (Å²) >= 11 is 0. The van der Waals surface area contributed by atoms with E-state index in [1.807, 2.05) is 6.07 Å². The van der Waals surface area contributed by atoms with E-state index in [9.17, 15) is 14.6 Å². The molecule has 1 fully saturated rings. The number of hydrogen-bond donors (Lipinski definition) is 3. The Labute approximate surface area is 148 Å². The lowest BCUT2D eigenvalue weighted by molar-refractivity contribution is -0.120. The van der Waals surface area contributed by atoms with Crippen molar-refractivity contribution in [3.05, 3.63) is 29.3 Å². The summed E-state index contributed by atoms with van der Waals surface area (Å²) in [6, 6.07) is 5.31. The molecule has 1 aromatic carbocycles. The number of benzene rings is 1. The van der Waals surface area contributed by atoms with Crippen LogP contribution in [0.15, 0.2) is 18.2 Å². The Hall–Kier alpha value is -1.70. The Balaban J connectivity index is 1.63. The normalized spacial score (nSPS) is 26.2. The maximum absolute atomic E-state index is 12.4. The summed E-state index contributed by atoms with van der Waals surface area (Å²) in [5, 5.41) is 10.3. The molecule has 0 unspecified atom stereocenters. The van der Waals surface area contributed by atoms with Crippen molar-refractivity contribution in [3.8, 4) is 5.75 Å². The number of ketones is 2. The second-order valence-electron chi connectivity index (χ2n) is 7.43. The van der Waals surface area contributed by atoms with Crippen molar-refractivity contribution in [2.45, 2.75) is 56.9 Å². The van der Waals surface area contributed by atoms with E-state index in [1.54, 1.807) is 12.1 Å². The second-order valence-corrected chi connectivity index (χ2v) is 7.43. The Kier molecular flexibility index (Phi) is 5.27. The molecule has 2 aliphatic rings. The summed E-state index contributed by atoms with van der Waals surface area (Å²) < 4.78 is 5.58. The molecule has 1 aromatic rings. The molecule has 1 aliphatic carbocycles. The average Bonchev–Trinajstić information content (AvgIpc) is 2.85. The van der Waals surface area contributed by atoms with Crippen molar-refractivity contribution >= 4 is 18.7 Å². The molecule has 0 radical (unpaired) electrons. The van der Waals surface area contributed by atoms with Gasteiger partial charge in [0.1, 0.15) is 11.5 Å². The van der Waals surface area contributed by atoms with Gasteiger partial charge < -0.3 is 21.1 Å². The fraction of sp³-hybridized carbons (Fsp3) is 0.556. The number of para-hydroxylation sites is 1. The predicted octanol–water partition coefficient (Wildman–Crippen LogP) is 1.09. The highest BCUT2D eigenvalue weighted by Gasteiger charge is 2.38. The van der Waals surface area contributed by atoms with E-state index in [0.29, 0.717) is 24.2 Å². The van der Waals surface area contributed by atoms with Crippen LogP contribution >= 0.6 is 0 Å². The van der Waals surface area contributed by atoms with Gasteiger partial charge >= 0.3 is 7.12 Å². The fourth-order valence-corrected chi connectivity index (χ4v) is 4.02. The van der Waals surface area contributed by atoms with Gasteiger partial charge in [0.05, 0.1) is 5.56 Å². The van der Waals surface area contributed by atoms with Crippen LogP contribution in [0.4, 0.5) is 0 Å². The van der Waals surface area contributed by atoms with Gasteiger partial charge in [-0.15, -0.1) is 0 Å². The van der Waals surface area contributed by atoms with E-state index in [0.717, 1.165) is 18.4 Å². The molecular weight excluding hydrogens is 319 g/mol.